The largest absolute Gasteiger partial charge is 0.465 e. The first-order valence-corrected chi connectivity index (χ1v) is 8.91. The summed E-state index contributed by atoms with van der Waals surface area (Å²) in [5.41, 5.74) is 0. The van der Waals surface area contributed by atoms with Crippen LogP contribution in [0.4, 0.5) is 9.59 Å². The Morgan fingerprint density at radius 1 is 0.875 bits per heavy atom. The molecule has 140 valence electrons. The minimum Gasteiger partial charge on any atom is -0.465 e. The van der Waals surface area contributed by atoms with Gasteiger partial charge in [0, 0.05) is 38.3 Å². The number of amides is 2. The molecule has 4 N–H and O–H groups in total. The summed E-state index contributed by atoms with van der Waals surface area (Å²) >= 11 is 0. The summed E-state index contributed by atoms with van der Waals surface area (Å²) in [6.45, 7) is 8.58. The molecule has 2 heterocycles. The average molecular weight is 344 g/mol. The van der Waals surface area contributed by atoms with Gasteiger partial charge in [-0.1, -0.05) is 0 Å². The highest BCUT2D eigenvalue weighted by Gasteiger charge is 2.23. The second-order valence-electron chi connectivity index (χ2n) is 6.14. The van der Waals surface area contributed by atoms with E-state index in [1.807, 2.05) is 13.8 Å². The van der Waals surface area contributed by atoms with Gasteiger partial charge in [-0.05, 0) is 52.6 Å². The van der Waals surface area contributed by atoms with Crippen LogP contribution in [-0.2, 0) is 0 Å². The Morgan fingerprint density at radius 2 is 1.25 bits per heavy atom. The van der Waals surface area contributed by atoms with Crippen molar-refractivity contribution in [2.75, 3.05) is 39.3 Å². The van der Waals surface area contributed by atoms with E-state index in [0.717, 1.165) is 51.9 Å². The third kappa shape index (κ3) is 6.52. The van der Waals surface area contributed by atoms with Crippen molar-refractivity contribution in [1.82, 2.24) is 20.4 Å². The van der Waals surface area contributed by atoms with E-state index in [1.54, 1.807) is 0 Å². The van der Waals surface area contributed by atoms with Crippen molar-refractivity contribution in [1.29, 1.82) is 0 Å². The van der Waals surface area contributed by atoms with Gasteiger partial charge in [0.15, 0.2) is 0 Å². The molecule has 8 nitrogen and oxygen atoms in total. The number of carbonyl (C=O) groups is 2. The lowest BCUT2D eigenvalue weighted by atomic mass is 10.1. The number of likely N-dealkylation sites (N-methyl/N-ethyl adjacent to an activating group) is 2. The Kier molecular flexibility index (Phi) is 9.48. The van der Waals surface area contributed by atoms with Gasteiger partial charge in [-0.25, -0.2) is 9.59 Å². The van der Waals surface area contributed by atoms with Crippen LogP contribution in [-0.4, -0.2) is 83.6 Å². The molecular formula is C16H32N4O4. The Hall–Kier alpha value is -1.54. The molecule has 1 unspecified atom stereocenters. The summed E-state index contributed by atoms with van der Waals surface area (Å²) in [7, 11) is 0. The summed E-state index contributed by atoms with van der Waals surface area (Å²) < 4.78 is 0. The van der Waals surface area contributed by atoms with Crippen LogP contribution in [0.1, 0.15) is 39.5 Å². The summed E-state index contributed by atoms with van der Waals surface area (Å²) in [6.07, 6.45) is 2.54. The molecule has 2 aliphatic rings. The summed E-state index contributed by atoms with van der Waals surface area (Å²) in [6, 6.07) is 0.363. The van der Waals surface area contributed by atoms with E-state index in [9.17, 15) is 9.59 Å². The molecule has 0 bridgehead atoms. The second kappa shape index (κ2) is 11.1. The zero-order valence-electron chi connectivity index (χ0n) is 14.8. The third-order valence-electron chi connectivity index (χ3n) is 4.60. The molecular weight excluding hydrogens is 312 g/mol. The van der Waals surface area contributed by atoms with Crippen LogP contribution < -0.4 is 10.6 Å². The average Bonchev–Trinajstić information content (AvgIpc) is 2.58. The summed E-state index contributed by atoms with van der Waals surface area (Å²) in [4.78, 5) is 24.5. The number of nitrogens with one attached hydrogen (secondary N) is 2. The number of hydrogen-bond donors (Lipinski definition) is 4. The van der Waals surface area contributed by atoms with E-state index < -0.39 is 12.2 Å². The van der Waals surface area contributed by atoms with Crippen molar-refractivity contribution in [2.45, 2.75) is 51.6 Å². The number of carboxylic acid groups (broad SMARTS) is 2. The monoisotopic (exact) mass is 344 g/mol. The molecule has 2 atom stereocenters. The molecule has 2 fully saturated rings. The fourth-order valence-electron chi connectivity index (χ4n) is 3.30. The second-order valence-corrected chi connectivity index (χ2v) is 6.14. The van der Waals surface area contributed by atoms with Gasteiger partial charge in [-0.3, -0.25) is 0 Å². The lowest BCUT2D eigenvalue weighted by Gasteiger charge is -2.31. The van der Waals surface area contributed by atoms with Gasteiger partial charge in [0.1, 0.15) is 0 Å². The van der Waals surface area contributed by atoms with Crippen LogP contribution in [0, 0.1) is 0 Å². The molecule has 0 aromatic rings. The van der Waals surface area contributed by atoms with Crippen molar-refractivity contribution in [3.8, 4) is 0 Å². The Labute approximate surface area is 144 Å². The van der Waals surface area contributed by atoms with E-state index in [4.69, 9.17) is 10.2 Å². The zero-order chi connectivity index (χ0) is 17.9. The highest BCUT2D eigenvalue weighted by Crippen LogP contribution is 2.10. The maximum atomic E-state index is 10.7. The SMILES string of the molecule is CCN(C(=O)O)C1CCCNC1.CCN(C(=O)O)[C@@H]1CCCNC1. The van der Waals surface area contributed by atoms with Crippen LogP contribution in [0.3, 0.4) is 0 Å². The molecule has 2 saturated heterocycles. The molecule has 0 spiro atoms. The van der Waals surface area contributed by atoms with Gasteiger partial charge < -0.3 is 30.6 Å². The third-order valence-corrected chi connectivity index (χ3v) is 4.60. The highest BCUT2D eigenvalue weighted by atomic mass is 16.4. The molecule has 2 aliphatic heterocycles. The first-order valence-electron chi connectivity index (χ1n) is 8.91. The standard InChI is InChI=1S/2C8H16N2O2/c2*1-2-10(8(11)12)7-4-3-5-9-6-7/h2*7,9H,2-6H2,1H3,(H,11,12)/t7-;/m1./s1. The van der Waals surface area contributed by atoms with Crippen molar-refractivity contribution >= 4 is 12.2 Å². The van der Waals surface area contributed by atoms with Gasteiger partial charge in [-0.15, -0.1) is 0 Å². The highest BCUT2D eigenvalue weighted by molar-refractivity contribution is 5.65. The number of hydrogen-bond acceptors (Lipinski definition) is 4. The quantitative estimate of drug-likeness (QED) is 0.616. The lowest BCUT2D eigenvalue weighted by molar-refractivity contribution is 0.117. The van der Waals surface area contributed by atoms with Crippen LogP contribution >= 0.6 is 0 Å². The predicted octanol–water partition coefficient (Wildman–Crippen LogP) is 1.48. The van der Waals surface area contributed by atoms with E-state index in [0.29, 0.717) is 13.1 Å². The zero-order valence-corrected chi connectivity index (χ0v) is 14.8. The Morgan fingerprint density at radius 3 is 1.46 bits per heavy atom. The molecule has 24 heavy (non-hydrogen) atoms. The molecule has 0 aromatic carbocycles. The Bertz CT molecular complexity index is 346. The predicted molar refractivity (Wildman–Crippen MR) is 92.6 cm³/mol. The fraction of sp³-hybridized carbons (Fsp3) is 0.875. The van der Waals surface area contributed by atoms with Gasteiger partial charge in [-0.2, -0.15) is 0 Å². The number of nitrogens with zero attached hydrogens (tertiary/aromatic N) is 2. The minimum atomic E-state index is -0.800. The maximum absolute atomic E-state index is 10.7. The molecule has 0 aromatic heterocycles. The van der Waals surface area contributed by atoms with Crippen LogP contribution in [0.5, 0.6) is 0 Å². The maximum Gasteiger partial charge on any atom is 0.407 e. The van der Waals surface area contributed by atoms with E-state index >= 15 is 0 Å². The van der Waals surface area contributed by atoms with Gasteiger partial charge in [0.05, 0.1) is 0 Å². The topological polar surface area (TPSA) is 105 Å². The summed E-state index contributed by atoms with van der Waals surface area (Å²) in [5.74, 6) is 0. The van der Waals surface area contributed by atoms with E-state index in [2.05, 4.69) is 10.6 Å². The smallest absolute Gasteiger partial charge is 0.407 e. The molecule has 2 amide bonds. The molecule has 2 rings (SSSR count). The lowest BCUT2D eigenvalue weighted by Crippen LogP contribution is -2.48. The van der Waals surface area contributed by atoms with Crippen LogP contribution in [0.15, 0.2) is 0 Å². The normalized spacial score (nSPS) is 23.6. The van der Waals surface area contributed by atoms with Gasteiger partial charge in [0.25, 0.3) is 0 Å². The number of rotatable bonds is 4. The number of piperidine rings is 2. The molecule has 0 saturated carbocycles. The molecule has 8 heteroatoms. The van der Waals surface area contributed by atoms with Crippen molar-refractivity contribution in [3.05, 3.63) is 0 Å². The Balaban J connectivity index is 0.000000240. The van der Waals surface area contributed by atoms with E-state index in [1.165, 1.54) is 9.80 Å². The van der Waals surface area contributed by atoms with Crippen molar-refractivity contribution < 1.29 is 19.8 Å². The fourth-order valence-corrected chi connectivity index (χ4v) is 3.30. The van der Waals surface area contributed by atoms with Gasteiger partial charge >= 0.3 is 12.2 Å². The van der Waals surface area contributed by atoms with E-state index in [-0.39, 0.29) is 12.1 Å². The first-order chi connectivity index (χ1) is 11.5. The van der Waals surface area contributed by atoms with Crippen LogP contribution in [0.25, 0.3) is 0 Å². The minimum absolute atomic E-state index is 0.182. The molecule has 0 aliphatic carbocycles. The first kappa shape index (κ1) is 20.5. The van der Waals surface area contributed by atoms with Crippen LogP contribution in [0.2, 0.25) is 0 Å². The summed E-state index contributed by atoms with van der Waals surface area (Å²) in [5, 5.41) is 24.0. The molecule has 0 radical (unpaired) electrons. The van der Waals surface area contributed by atoms with Crippen molar-refractivity contribution in [2.24, 2.45) is 0 Å². The van der Waals surface area contributed by atoms with Crippen molar-refractivity contribution in [3.63, 3.8) is 0 Å². The van der Waals surface area contributed by atoms with Gasteiger partial charge in [0.2, 0.25) is 0 Å².